The van der Waals surface area contributed by atoms with Gasteiger partial charge < -0.3 is 4.74 Å². The highest BCUT2D eigenvalue weighted by atomic mass is 32.1. The summed E-state index contributed by atoms with van der Waals surface area (Å²) in [6.45, 7) is 6.49. The summed E-state index contributed by atoms with van der Waals surface area (Å²) >= 11 is 1.63. The number of rotatable bonds is 4. The number of hydrogen-bond donors (Lipinski definition) is 0. The third kappa shape index (κ3) is 3.35. The van der Waals surface area contributed by atoms with Crippen LogP contribution in [-0.2, 0) is 17.8 Å². The van der Waals surface area contributed by atoms with Gasteiger partial charge in [-0.15, -0.1) is 11.3 Å². The summed E-state index contributed by atoms with van der Waals surface area (Å²) in [7, 11) is 0. The molecule has 0 radical (unpaired) electrons. The highest BCUT2D eigenvalue weighted by Crippen LogP contribution is 2.39. The normalized spacial score (nSPS) is 18.0. The predicted molar refractivity (Wildman–Crippen MR) is 108 cm³/mol. The Kier molecular flexibility index (Phi) is 4.48. The summed E-state index contributed by atoms with van der Waals surface area (Å²) in [6, 6.07) is 13.8. The van der Waals surface area contributed by atoms with Crippen molar-refractivity contribution in [1.82, 2.24) is 4.98 Å². The van der Waals surface area contributed by atoms with Gasteiger partial charge in [0.1, 0.15) is 11.6 Å². The first-order valence-corrected chi connectivity index (χ1v) is 9.89. The summed E-state index contributed by atoms with van der Waals surface area (Å²) in [5.74, 6) is 1.40. The Morgan fingerprint density at radius 3 is 2.81 bits per heavy atom. The van der Waals surface area contributed by atoms with Gasteiger partial charge in [-0.1, -0.05) is 18.2 Å². The fraction of sp³-hybridized carbons (Fsp3) is 0.273. The van der Waals surface area contributed by atoms with Gasteiger partial charge in [-0.3, -0.25) is 9.69 Å². The number of ether oxygens (including phenoxy) is 1. The van der Waals surface area contributed by atoms with E-state index in [-0.39, 0.29) is 5.91 Å². The van der Waals surface area contributed by atoms with Gasteiger partial charge in [0.25, 0.3) is 5.91 Å². The number of aryl methyl sites for hydroxylation is 2. The Balaban J connectivity index is 1.68. The molecule has 3 aromatic rings. The van der Waals surface area contributed by atoms with Crippen molar-refractivity contribution < 1.29 is 9.53 Å². The summed E-state index contributed by atoms with van der Waals surface area (Å²) in [5.41, 5.74) is 2.50. The van der Waals surface area contributed by atoms with Gasteiger partial charge in [-0.2, -0.15) is 0 Å². The van der Waals surface area contributed by atoms with E-state index >= 15 is 0 Å². The van der Waals surface area contributed by atoms with Crippen molar-refractivity contribution in [2.75, 3.05) is 4.90 Å². The SMILES string of the molecule is Cc1cc(C)c2c(c1)OC(C)(C(=O)N(Cc1cccs1)c1ccccn1)C2. The molecule has 1 aliphatic heterocycles. The molecule has 0 N–H and O–H groups in total. The number of amides is 1. The van der Waals surface area contributed by atoms with E-state index in [1.165, 1.54) is 5.56 Å². The van der Waals surface area contributed by atoms with E-state index < -0.39 is 5.60 Å². The highest BCUT2D eigenvalue weighted by molar-refractivity contribution is 7.09. The van der Waals surface area contributed by atoms with E-state index in [9.17, 15) is 4.79 Å². The van der Waals surface area contributed by atoms with Crippen LogP contribution in [-0.4, -0.2) is 16.5 Å². The molecule has 4 nitrogen and oxygen atoms in total. The molecule has 2 aromatic heterocycles. The Hall–Kier alpha value is -2.66. The molecule has 0 spiro atoms. The van der Waals surface area contributed by atoms with Crippen LogP contribution in [0, 0.1) is 13.8 Å². The van der Waals surface area contributed by atoms with Crippen molar-refractivity contribution >= 4 is 23.1 Å². The lowest BCUT2D eigenvalue weighted by atomic mass is 9.94. The van der Waals surface area contributed by atoms with Crippen LogP contribution < -0.4 is 9.64 Å². The van der Waals surface area contributed by atoms with Crippen LogP contribution in [0.5, 0.6) is 5.75 Å². The number of nitrogens with zero attached hydrogens (tertiary/aromatic N) is 2. The summed E-state index contributed by atoms with van der Waals surface area (Å²) in [6.07, 6.45) is 2.28. The maximum atomic E-state index is 13.6. The lowest BCUT2D eigenvalue weighted by Gasteiger charge is -2.30. The molecule has 1 aromatic carbocycles. The zero-order valence-electron chi connectivity index (χ0n) is 15.7. The number of fused-ring (bicyclic) bond motifs is 1. The number of hydrogen-bond acceptors (Lipinski definition) is 4. The minimum atomic E-state index is -0.935. The van der Waals surface area contributed by atoms with Gasteiger partial charge in [0.15, 0.2) is 5.60 Å². The number of pyridine rings is 1. The van der Waals surface area contributed by atoms with Gasteiger partial charge in [0.05, 0.1) is 6.54 Å². The van der Waals surface area contributed by atoms with Crippen LogP contribution in [0.25, 0.3) is 0 Å². The largest absolute Gasteiger partial charge is 0.477 e. The van der Waals surface area contributed by atoms with E-state index in [1.807, 2.05) is 55.6 Å². The van der Waals surface area contributed by atoms with E-state index in [0.717, 1.165) is 21.8 Å². The van der Waals surface area contributed by atoms with E-state index in [2.05, 4.69) is 18.0 Å². The molecule has 0 bridgehead atoms. The standard InChI is InChI=1S/C22H22N2O2S/c1-15-11-16(2)18-13-22(3,26-19(18)12-15)21(25)24(14-17-7-6-10-27-17)20-8-4-5-9-23-20/h4-12H,13-14H2,1-3H3. The quantitative estimate of drug-likeness (QED) is 0.662. The third-order valence-electron chi connectivity index (χ3n) is 4.94. The molecule has 27 heavy (non-hydrogen) atoms. The van der Waals surface area contributed by atoms with E-state index in [4.69, 9.17) is 4.74 Å². The number of benzene rings is 1. The second kappa shape index (κ2) is 6.82. The Bertz CT molecular complexity index is 969. The second-order valence-electron chi connectivity index (χ2n) is 7.23. The molecule has 1 unspecified atom stereocenters. The lowest BCUT2D eigenvalue weighted by Crippen LogP contribution is -2.50. The van der Waals surface area contributed by atoms with Gasteiger partial charge in [0.2, 0.25) is 0 Å². The molecular weight excluding hydrogens is 356 g/mol. The molecule has 1 aliphatic rings. The van der Waals surface area contributed by atoms with Crippen molar-refractivity contribution in [3.05, 3.63) is 75.6 Å². The third-order valence-corrected chi connectivity index (χ3v) is 5.80. The summed E-state index contributed by atoms with van der Waals surface area (Å²) in [5, 5.41) is 2.02. The zero-order valence-corrected chi connectivity index (χ0v) is 16.5. The smallest absolute Gasteiger partial charge is 0.272 e. The summed E-state index contributed by atoms with van der Waals surface area (Å²) < 4.78 is 6.22. The minimum Gasteiger partial charge on any atom is -0.477 e. The number of thiophene rings is 1. The minimum absolute atomic E-state index is 0.0668. The van der Waals surface area contributed by atoms with Crippen LogP contribution in [0.3, 0.4) is 0 Å². The van der Waals surface area contributed by atoms with Crippen molar-refractivity contribution in [2.24, 2.45) is 0 Å². The van der Waals surface area contributed by atoms with Gasteiger partial charge >= 0.3 is 0 Å². The maximum Gasteiger partial charge on any atom is 0.272 e. The average Bonchev–Trinajstić information content (AvgIpc) is 3.28. The van der Waals surface area contributed by atoms with Crippen LogP contribution in [0.1, 0.15) is 28.5 Å². The van der Waals surface area contributed by atoms with Crippen molar-refractivity contribution in [3.8, 4) is 5.75 Å². The number of carbonyl (C=O) groups is 1. The van der Waals surface area contributed by atoms with Gasteiger partial charge in [0, 0.05) is 23.1 Å². The van der Waals surface area contributed by atoms with Crippen LogP contribution in [0.2, 0.25) is 0 Å². The van der Waals surface area contributed by atoms with Gasteiger partial charge in [-0.05, 0) is 61.5 Å². The fourth-order valence-electron chi connectivity index (χ4n) is 3.63. The van der Waals surface area contributed by atoms with Gasteiger partial charge in [-0.25, -0.2) is 4.98 Å². The molecule has 5 heteroatoms. The van der Waals surface area contributed by atoms with Crippen molar-refractivity contribution in [2.45, 2.75) is 39.3 Å². The highest BCUT2D eigenvalue weighted by Gasteiger charge is 2.45. The molecule has 1 amide bonds. The number of carbonyl (C=O) groups excluding carboxylic acids is 1. The Labute approximate surface area is 163 Å². The van der Waals surface area contributed by atoms with E-state index in [0.29, 0.717) is 18.8 Å². The molecule has 4 rings (SSSR count). The fourth-order valence-corrected chi connectivity index (χ4v) is 4.32. The lowest BCUT2D eigenvalue weighted by molar-refractivity contribution is -0.131. The second-order valence-corrected chi connectivity index (χ2v) is 8.26. The molecule has 0 saturated carbocycles. The average molecular weight is 378 g/mol. The molecular formula is C22H22N2O2S. The molecule has 1 atom stereocenters. The molecule has 0 fully saturated rings. The number of aromatic nitrogens is 1. The zero-order chi connectivity index (χ0) is 19.0. The molecule has 3 heterocycles. The van der Waals surface area contributed by atoms with Crippen LogP contribution >= 0.6 is 11.3 Å². The summed E-state index contributed by atoms with van der Waals surface area (Å²) in [4.78, 5) is 20.9. The van der Waals surface area contributed by atoms with Crippen LogP contribution in [0.15, 0.2) is 54.0 Å². The first kappa shape index (κ1) is 17.7. The van der Waals surface area contributed by atoms with Crippen molar-refractivity contribution in [3.63, 3.8) is 0 Å². The Morgan fingerprint density at radius 1 is 1.26 bits per heavy atom. The molecule has 0 saturated heterocycles. The Morgan fingerprint density at radius 2 is 2.11 bits per heavy atom. The van der Waals surface area contributed by atoms with Crippen molar-refractivity contribution in [1.29, 1.82) is 0 Å². The first-order chi connectivity index (χ1) is 13.0. The molecule has 138 valence electrons. The number of anilines is 1. The predicted octanol–water partition coefficient (Wildman–Crippen LogP) is 4.69. The monoisotopic (exact) mass is 378 g/mol. The van der Waals surface area contributed by atoms with Crippen LogP contribution in [0.4, 0.5) is 5.82 Å². The maximum absolute atomic E-state index is 13.6. The first-order valence-electron chi connectivity index (χ1n) is 9.01. The van der Waals surface area contributed by atoms with E-state index in [1.54, 1.807) is 22.4 Å². The molecule has 0 aliphatic carbocycles. The topological polar surface area (TPSA) is 42.4 Å².